The van der Waals surface area contributed by atoms with Gasteiger partial charge in [0.15, 0.2) is 11.5 Å². The first kappa shape index (κ1) is 33.0. The van der Waals surface area contributed by atoms with E-state index in [2.05, 4.69) is 15.0 Å². The Morgan fingerprint density at radius 2 is 1.72 bits per heavy atom. The predicted molar refractivity (Wildman–Crippen MR) is 162 cm³/mol. The molecule has 2 aliphatic heterocycles. The van der Waals surface area contributed by atoms with Crippen LogP contribution in [0.25, 0.3) is 0 Å². The number of hydrogen-bond acceptors (Lipinski definition) is 7. The van der Waals surface area contributed by atoms with Crippen LogP contribution in [0.2, 0.25) is 0 Å². The number of benzene rings is 2. The third-order valence-electron chi connectivity index (χ3n) is 8.24. The summed E-state index contributed by atoms with van der Waals surface area (Å²) in [6.45, 7) is 5.99. The minimum Gasteiger partial charge on any atom is -0.372 e. The Balaban J connectivity index is 1.49. The number of nitrogens with zero attached hydrogens (tertiary/aromatic N) is 5. The predicted octanol–water partition coefficient (Wildman–Crippen LogP) is 5.75. The third kappa shape index (κ3) is 6.60. The number of aromatic nitrogens is 2. The van der Waals surface area contributed by atoms with Gasteiger partial charge in [0.05, 0.1) is 42.1 Å². The van der Waals surface area contributed by atoms with E-state index < -0.39 is 46.6 Å². The molecule has 0 bridgehead atoms. The summed E-state index contributed by atoms with van der Waals surface area (Å²) in [5.74, 6) is -1.59. The summed E-state index contributed by atoms with van der Waals surface area (Å²) in [4.78, 5) is 43.3. The van der Waals surface area contributed by atoms with E-state index in [-0.39, 0.29) is 43.7 Å². The van der Waals surface area contributed by atoms with Gasteiger partial charge in [-0.2, -0.15) is 13.2 Å². The van der Waals surface area contributed by atoms with E-state index in [1.165, 1.54) is 58.6 Å². The molecule has 0 saturated heterocycles. The number of halogens is 4. The van der Waals surface area contributed by atoms with Gasteiger partial charge in [-0.1, -0.05) is 39.0 Å². The second-order valence-corrected chi connectivity index (χ2v) is 12.0. The SMILES string of the molecule is CCCO[C@@H](CN1C(=O)[C@@](CCC(C)C)(c2ccc(F)cc2)N=C1N)c1ccc(C(F)(F)F)c(C(=O)N2Cc3nccnc3C2)c1. The highest BCUT2D eigenvalue weighted by Crippen LogP contribution is 2.40. The number of ether oxygens (including phenoxy) is 1. The fourth-order valence-electron chi connectivity index (χ4n) is 5.78. The molecule has 0 saturated carbocycles. The largest absolute Gasteiger partial charge is 0.417 e. The summed E-state index contributed by atoms with van der Waals surface area (Å²) in [5, 5.41) is 0. The number of guanidine groups is 1. The minimum atomic E-state index is -4.81. The highest BCUT2D eigenvalue weighted by molar-refractivity contribution is 6.07. The number of fused-ring (bicyclic) bond motifs is 1. The van der Waals surface area contributed by atoms with Crippen LogP contribution in [0.1, 0.15) is 84.6 Å². The number of hydrogen-bond donors (Lipinski definition) is 1. The maximum atomic E-state index is 14.2. The van der Waals surface area contributed by atoms with Gasteiger partial charge in [-0.25, -0.2) is 9.38 Å². The molecule has 244 valence electrons. The van der Waals surface area contributed by atoms with Crippen molar-refractivity contribution in [1.29, 1.82) is 0 Å². The zero-order valence-electron chi connectivity index (χ0n) is 25.9. The quantitative estimate of drug-likeness (QED) is 0.267. The Kier molecular flexibility index (Phi) is 9.43. The van der Waals surface area contributed by atoms with Crippen molar-refractivity contribution in [1.82, 2.24) is 19.8 Å². The molecule has 2 N–H and O–H groups in total. The maximum absolute atomic E-state index is 14.2. The smallest absolute Gasteiger partial charge is 0.372 e. The Labute approximate surface area is 264 Å². The van der Waals surface area contributed by atoms with Crippen LogP contribution in [0, 0.1) is 11.7 Å². The van der Waals surface area contributed by atoms with E-state index in [0.717, 1.165) is 6.07 Å². The molecule has 2 aromatic carbocycles. The number of alkyl halides is 3. The standard InChI is InChI=1S/C33H36F4N6O3/c1-4-15-46-28(19-43-30(45)32(41-31(43)38,12-11-20(2)3)22-6-8-23(34)9-7-22)21-5-10-25(33(35,36)37)24(16-21)29(44)42-17-26-27(18-42)40-14-13-39-26/h5-10,13-14,16,20,28H,4,11-12,15,17-19H2,1-3H3,(H2,38,41)/t28-,32+/m0/s1. The monoisotopic (exact) mass is 640 g/mol. The molecule has 2 aliphatic rings. The van der Waals surface area contributed by atoms with Crippen LogP contribution in [0.4, 0.5) is 17.6 Å². The number of aliphatic imine (C=N–C) groups is 1. The Hall–Kier alpha value is -4.39. The summed E-state index contributed by atoms with van der Waals surface area (Å²) in [5.41, 5.74) is 5.12. The van der Waals surface area contributed by atoms with Gasteiger partial charge in [0.1, 0.15) is 11.9 Å². The molecule has 0 spiro atoms. The summed E-state index contributed by atoms with van der Waals surface area (Å²) in [6.07, 6.45) is -1.30. The van der Waals surface area contributed by atoms with Crippen LogP contribution in [0.5, 0.6) is 0 Å². The molecule has 13 heteroatoms. The van der Waals surface area contributed by atoms with Crippen molar-refractivity contribution in [2.24, 2.45) is 16.6 Å². The molecule has 0 unspecified atom stereocenters. The van der Waals surface area contributed by atoms with E-state index >= 15 is 0 Å². The summed E-state index contributed by atoms with van der Waals surface area (Å²) in [6, 6.07) is 8.82. The second-order valence-electron chi connectivity index (χ2n) is 12.0. The van der Waals surface area contributed by atoms with Crippen molar-refractivity contribution in [3.05, 3.63) is 94.3 Å². The second kappa shape index (κ2) is 13.1. The lowest BCUT2D eigenvalue weighted by Gasteiger charge is -2.29. The van der Waals surface area contributed by atoms with Crippen LogP contribution < -0.4 is 5.73 Å². The molecule has 2 atom stereocenters. The molecule has 3 aromatic rings. The summed E-state index contributed by atoms with van der Waals surface area (Å²) in [7, 11) is 0. The molecular formula is C33H36F4N6O3. The third-order valence-corrected chi connectivity index (χ3v) is 8.24. The van der Waals surface area contributed by atoms with Gasteiger partial charge >= 0.3 is 6.18 Å². The lowest BCUT2D eigenvalue weighted by molar-refractivity contribution is -0.138. The molecule has 9 nitrogen and oxygen atoms in total. The van der Waals surface area contributed by atoms with Crippen LogP contribution in [0.3, 0.4) is 0 Å². The number of carbonyl (C=O) groups excluding carboxylic acids is 2. The first-order valence-electron chi connectivity index (χ1n) is 15.2. The first-order chi connectivity index (χ1) is 21.8. The van der Waals surface area contributed by atoms with Crippen LogP contribution in [0.15, 0.2) is 59.9 Å². The molecular weight excluding hydrogens is 604 g/mol. The van der Waals surface area contributed by atoms with E-state index in [4.69, 9.17) is 10.5 Å². The average molecular weight is 641 g/mol. The Morgan fingerprint density at radius 3 is 2.30 bits per heavy atom. The minimum absolute atomic E-state index is 0.0242. The molecule has 46 heavy (non-hydrogen) atoms. The Morgan fingerprint density at radius 1 is 1.07 bits per heavy atom. The molecule has 1 aromatic heterocycles. The van der Waals surface area contributed by atoms with Gasteiger partial charge in [-0.05, 0) is 60.6 Å². The lowest BCUT2D eigenvalue weighted by atomic mass is 9.83. The average Bonchev–Trinajstić information content (AvgIpc) is 3.56. The van der Waals surface area contributed by atoms with Gasteiger partial charge in [0.25, 0.3) is 11.8 Å². The zero-order valence-corrected chi connectivity index (χ0v) is 25.9. The normalized spacial score (nSPS) is 18.7. The highest BCUT2D eigenvalue weighted by Gasteiger charge is 2.49. The van der Waals surface area contributed by atoms with Gasteiger partial charge in [-0.15, -0.1) is 0 Å². The summed E-state index contributed by atoms with van der Waals surface area (Å²) < 4.78 is 62.5. The fraction of sp³-hybridized carbons (Fsp3) is 0.424. The van der Waals surface area contributed by atoms with Crippen LogP contribution in [-0.4, -0.2) is 50.7 Å². The lowest BCUT2D eigenvalue weighted by Crippen LogP contribution is -2.45. The van der Waals surface area contributed by atoms with E-state index in [1.807, 2.05) is 20.8 Å². The van der Waals surface area contributed by atoms with Crippen molar-refractivity contribution in [2.45, 2.75) is 70.9 Å². The molecule has 0 aliphatic carbocycles. The van der Waals surface area contributed by atoms with Gasteiger partial charge in [0.2, 0.25) is 0 Å². The summed E-state index contributed by atoms with van der Waals surface area (Å²) >= 11 is 0. The molecule has 3 heterocycles. The molecule has 0 radical (unpaired) electrons. The zero-order chi connectivity index (χ0) is 33.2. The maximum Gasteiger partial charge on any atom is 0.417 e. The van der Waals surface area contributed by atoms with E-state index in [1.54, 1.807) is 0 Å². The van der Waals surface area contributed by atoms with Crippen molar-refractivity contribution < 1.29 is 31.9 Å². The number of rotatable bonds is 11. The fourth-order valence-corrected chi connectivity index (χ4v) is 5.78. The number of amides is 2. The first-order valence-corrected chi connectivity index (χ1v) is 15.2. The van der Waals surface area contributed by atoms with E-state index in [0.29, 0.717) is 36.2 Å². The van der Waals surface area contributed by atoms with Crippen molar-refractivity contribution >= 4 is 17.8 Å². The van der Waals surface area contributed by atoms with Gasteiger partial charge in [0, 0.05) is 19.0 Å². The van der Waals surface area contributed by atoms with Crippen molar-refractivity contribution in [3.8, 4) is 0 Å². The Bertz CT molecular complexity index is 1600. The van der Waals surface area contributed by atoms with Gasteiger partial charge in [-0.3, -0.25) is 24.5 Å². The number of carbonyl (C=O) groups is 2. The number of nitrogens with two attached hydrogens (primary N) is 1. The highest BCUT2D eigenvalue weighted by atomic mass is 19.4. The van der Waals surface area contributed by atoms with Crippen LogP contribution >= 0.6 is 0 Å². The van der Waals surface area contributed by atoms with Crippen molar-refractivity contribution in [2.75, 3.05) is 13.2 Å². The topological polar surface area (TPSA) is 114 Å². The molecule has 2 amide bonds. The molecule has 0 fully saturated rings. The van der Waals surface area contributed by atoms with Crippen LogP contribution in [-0.2, 0) is 34.3 Å². The van der Waals surface area contributed by atoms with E-state index in [9.17, 15) is 27.2 Å². The van der Waals surface area contributed by atoms with Crippen molar-refractivity contribution in [3.63, 3.8) is 0 Å². The van der Waals surface area contributed by atoms with Gasteiger partial charge < -0.3 is 15.4 Å². The molecule has 5 rings (SSSR count).